The Kier molecular flexibility index (Phi) is 4.37. The molecule has 0 bridgehead atoms. The molecule has 0 saturated carbocycles. The minimum absolute atomic E-state index is 0.0882. The van der Waals surface area contributed by atoms with Gasteiger partial charge >= 0.3 is 0 Å². The maximum atomic E-state index is 6.01. The number of hydrogen-bond acceptors (Lipinski definition) is 2. The van der Waals surface area contributed by atoms with E-state index in [1.807, 2.05) is 42.5 Å². The Balaban J connectivity index is 2.01. The molecule has 2 nitrogen and oxygen atoms in total. The van der Waals surface area contributed by atoms with Crippen LogP contribution < -0.4 is 10.5 Å². The molecule has 2 heteroatoms. The molecule has 2 aromatic rings. The molecule has 0 saturated heterocycles. The van der Waals surface area contributed by atoms with Gasteiger partial charge in [0.15, 0.2) is 0 Å². The molecule has 1 unspecified atom stereocenters. The summed E-state index contributed by atoms with van der Waals surface area (Å²) in [6.45, 7) is 2.67. The van der Waals surface area contributed by atoms with Crippen molar-refractivity contribution in [2.75, 3.05) is 0 Å². The Morgan fingerprint density at radius 1 is 1.06 bits per heavy atom. The Bertz CT molecular complexity index is 481. The second kappa shape index (κ2) is 6.22. The number of hydrogen-bond donors (Lipinski definition) is 1. The fourth-order valence-electron chi connectivity index (χ4n) is 1.81. The molecule has 18 heavy (non-hydrogen) atoms. The van der Waals surface area contributed by atoms with E-state index in [4.69, 9.17) is 10.5 Å². The molecule has 0 aromatic heterocycles. The van der Waals surface area contributed by atoms with Gasteiger partial charge in [0.05, 0.1) is 0 Å². The molecule has 0 heterocycles. The lowest BCUT2D eigenvalue weighted by molar-refractivity contribution is 0.305. The normalized spacial score (nSPS) is 12.1. The molecule has 1 atom stereocenters. The van der Waals surface area contributed by atoms with Gasteiger partial charge in [0.2, 0.25) is 0 Å². The van der Waals surface area contributed by atoms with Crippen molar-refractivity contribution in [1.29, 1.82) is 0 Å². The maximum absolute atomic E-state index is 6.01. The topological polar surface area (TPSA) is 35.2 Å². The van der Waals surface area contributed by atoms with Gasteiger partial charge in [0.1, 0.15) is 12.4 Å². The molecule has 0 aliphatic carbocycles. The van der Waals surface area contributed by atoms with Gasteiger partial charge in [-0.3, -0.25) is 0 Å². The minimum atomic E-state index is 0.0882. The lowest BCUT2D eigenvalue weighted by atomic mass is 10.1. The van der Waals surface area contributed by atoms with E-state index in [-0.39, 0.29) is 6.04 Å². The zero-order chi connectivity index (χ0) is 12.8. The van der Waals surface area contributed by atoms with E-state index in [0.29, 0.717) is 6.61 Å². The van der Waals surface area contributed by atoms with Crippen molar-refractivity contribution in [3.8, 4) is 5.75 Å². The first-order valence-corrected chi connectivity index (χ1v) is 6.32. The first-order chi connectivity index (χ1) is 8.79. The summed E-state index contributed by atoms with van der Waals surface area (Å²) >= 11 is 0. The molecule has 0 aliphatic heterocycles. The Morgan fingerprint density at radius 3 is 2.56 bits per heavy atom. The van der Waals surface area contributed by atoms with Crippen molar-refractivity contribution >= 4 is 0 Å². The summed E-state index contributed by atoms with van der Waals surface area (Å²) in [6, 6.07) is 18.3. The van der Waals surface area contributed by atoms with Crippen LogP contribution in [0.1, 0.15) is 30.5 Å². The zero-order valence-electron chi connectivity index (χ0n) is 10.7. The molecule has 94 valence electrons. The third kappa shape index (κ3) is 3.34. The predicted octanol–water partition coefficient (Wildman–Crippen LogP) is 3.68. The van der Waals surface area contributed by atoms with E-state index in [2.05, 4.69) is 19.1 Å². The fraction of sp³-hybridized carbons (Fsp3) is 0.250. The predicted molar refractivity (Wildman–Crippen MR) is 74.4 cm³/mol. The summed E-state index contributed by atoms with van der Waals surface area (Å²) in [4.78, 5) is 0. The zero-order valence-corrected chi connectivity index (χ0v) is 10.7. The highest BCUT2D eigenvalue weighted by atomic mass is 16.5. The van der Waals surface area contributed by atoms with E-state index in [1.165, 1.54) is 5.56 Å². The molecule has 0 fully saturated rings. The van der Waals surface area contributed by atoms with Gasteiger partial charge in [-0.2, -0.15) is 0 Å². The van der Waals surface area contributed by atoms with Gasteiger partial charge < -0.3 is 10.5 Å². The van der Waals surface area contributed by atoms with Crippen LogP contribution in [0.25, 0.3) is 0 Å². The average Bonchev–Trinajstić information content (AvgIpc) is 2.45. The summed E-state index contributed by atoms with van der Waals surface area (Å²) in [6.07, 6.45) is 0.933. The molecule has 2 N–H and O–H groups in total. The number of nitrogens with two attached hydrogens (primary N) is 1. The first-order valence-electron chi connectivity index (χ1n) is 6.32. The highest BCUT2D eigenvalue weighted by Crippen LogP contribution is 2.20. The largest absolute Gasteiger partial charge is 0.489 e. The van der Waals surface area contributed by atoms with Crippen molar-refractivity contribution in [2.24, 2.45) is 5.73 Å². The number of rotatable bonds is 5. The maximum Gasteiger partial charge on any atom is 0.120 e. The molecule has 0 radical (unpaired) electrons. The second-order valence-corrected chi connectivity index (χ2v) is 4.36. The van der Waals surface area contributed by atoms with Crippen molar-refractivity contribution < 1.29 is 4.74 Å². The van der Waals surface area contributed by atoms with Gasteiger partial charge in [-0.25, -0.2) is 0 Å². The van der Waals surface area contributed by atoms with Crippen LogP contribution >= 0.6 is 0 Å². The van der Waals surface area contributed by atoms with Crippen LogP contribution in [0.2, 0.25) is 0 Å². The van der Waals surface area contributed by atoms with E-state index in [0.717, 1.165) is 17.7 Å². The van der Waals surface area contributed by atoms with Crippen LogP contribution in [0.5, 0.6) is 5.75 Å². The van der Waals surface area contributed by atoms with Crippen LogP contribution in [-0.2, 0) is 6.61 Å². The van der Waals surface area contributed by atoms with Crippen LogP contribution in [0.4, 0.5) is 0 Å². The molecule has 0 amide bonds. The van der Waals surface area contributed by atoms with Crippen molar-refractivity contribution in [2.45, 2.75) is 26.0 Å². The summed E-state index contributed by atoms with van der Waals surface area (Å²) in [5.74, 6) is 0.875. The Labute approximate surface area is 108 Å². The Hall–Kier alpha value is -1.80. The number of ether oxygens (including phenoxy) is 1. The minimum Gasteiger partial charge on any atom is -0.489 e. The van der Waals surface area contributed by atoms with E-state index >= 15 is 0 Å². The van der Waals surface area contributed by atoms with Gasteiger partial charge in [0.25, 0.3) is 0 Å². The first kappa shape index (κ1) is 12.7. The third-order valence-electron chi connectivity index (χ3n) is 2.97. The van der Waals surface area contributed by atoms with Gasteiger partial charge in [0, 0.05) is 6.04 Å². The van der Waals surface area contributed by atoms with E-state index in [1.54, 1.807) is 0 Å². The highest BCUT2D eigenvalue weighted by Gasteiger charge is 2.04. The molecular weight excluding hydrogens is 222 g/mol. The summed E-state index contributed by atoms with van der Waals surface area (Å²) in [5.41, 5.74) is 8.31. The summed E-state index contributed by atoms with van der Waals surface area (Å²) < 4.78 is 5.77. The standard InChI is InChI=1S/C16H19NO/c1-2-16(17)14-9-6-10-15(11-14)18-12-13-7-4-3-5-8-13/h3-11,16H,2,12,17H2,1H3. The second-order valence-electron chi connectivity index (χ2n) is 4.36. The molecule has 0 spiro atoms. The van der Waals surface area contributed by atoms with Crippen molar-refractivity contribution in [1.82, 2.24) is 0 Å². The van der Waals surface area contributed by atoms with E-state index < -0.39 is 0 Å². The van der Waals surface area contributed by atoms with Crippen LogP contribution in [-0.4, -0.2) is 0 Å². The van der Waals surface area contributed by atoms with Gasteiger partial charge in [-0.1, -0.05) is 49.4 Å². The Morgan fingerprint density at radius 2 is 1.83 bits per heavy atom. The summed E-state index contributed by atoms with van der Waals surface area (Å²) in [5, 5.41) is 0. The van der Waals surface area contributed by atoms with Gasteiger partial charge in [-0.15, -0.1) is 0 Å². The fourth-order valence-corrected chi connectivity index (χ4v) is 1.81. The average molecular weight is 241 g/mol. The summed E-state index contributed by atoms with van der Waals surface area (Å²) in [7, 11) is 0. The monoisotopic (exact) mass is 241 g/mol. The van der Waals surface area contributed by atoms with Crippen LogP contribution in [0.15, 0.2) is 54.6 Å². The number of benzene rings is 2. The van der Waals surface area contributed by atoms with Crippen LogP contribution in [0, 0.1) is 0 Å². The third-order valence-corrected chi connectivity index (χ3v) is 2.97. The molecule has 2 aromatic carbocycles. The smallest absolute Gasteiger partial charge is 0.120 e. The molecular formula is C16H19NO. The lowest BCUT2D eigenvalue weighted by Crippen LogP contribution is -2.08. The molecule has 0 aliphatic rings. The van der Waals surface area contributed by atoms with Gasteiger partial charge in [-0.05, 0) is 29.7 Å². The SMILES string of the molecule is CCC(N)c1cccc(OCc2ccccc2)c1. The van der Waals surface area contributed by atoms with Crippen molar-refractivity contribution in [3.05, 3.63) is 65.7 Å². The molecule has 2 rings (SSSR count). The highest BCUT2D eigenvalue weighted by molar-refractivity contribution is 5.30. The van der Waals surface area contributed by atoms with E-state index in [9.17, 15) is 0 Å². The lowest BCUT2D eigenvalue weighted by Gasteiger charge is -2.12. The van der Waals surface area contributed by atoms with Crippen molar-refractivity contribution in [3.63, 3.8) is 0 Å². The van der Waals surface area contributed by atoms with Crippen LogP contribution in [0.3, 0.4) is 0 Å². The quantitative estimate of drug-likeness (QED) is 0.866.